The lowest BCUT2D eigenvalue weighted by Gasteiger charge is -2.32. The van der Waals surface area contributed by atoms with Crippen molar-refractivity contribution in [1.29, 1.82) is 0 Å². The Labute approximate surface area is 86.6 Å². The predicted molar refractivity (Wildman–Crippen MR) is 57.4 cm³/mol. The van der Waals surface area contributed by atoms with Gasteiger partial charge in [-0.3, -0.25) is 0 Å². The van der Waals surface area contributed by atoms with Gasteiger partial charge in [0.25, 0.3) is 0 Å². The van der Waals surface area contributed by atoms with Gasteiger partial charge in [-0.15, -0.1) is 0 Å². The van der Waals surface area contributed by atoms with E-state index in [-0.39, 0.29) is 6.04 Å². The average molecular weight is 241 g/mol. The van der Waals surface area contributed by atoms with Gasteiger partial charge in [0.1, 0.15) is 0 Å². The SMILES string of the molecule is NC(c1cccc(Br)c1)C1CNC1. The van der Waals surface area contributed by atoms with Crippen LogP contribution >= 0.6 is 15.9 Å². The summed E-state index contributed by atoms with van der Waals surface area (Å²) in [5.41, 5.74) is 7.33. The quantitative estimate of drug-likeness (QED) is 0.826. The normalized spacial score (nSPS) is 19.5. The zero-order valence-corrected chi connectivity index (χ0v) is 8.92. The molecule has 0 saturated carbocycles. The first-order chi connectivity index (χ1) is 6.27. The van der Waals surface area contributed by atoms with E-state index in [2.05, 4.69) is 33.4 Å². The van der Waals surface area contributed by atoms with Gasteiger partial charge in [-0.1, -0.05) is 28.1 Å². The molecule has 2 rings (SSSR count). The molecule has 0 spiro atoms. The van der Waals surface area contributed by atoms with E-state index in [1.165, 1.54) is 5.56 Å². The number of hydrogen-bond donors (Lipinski definition) is 2. The van der Waals surface area contributed by atoms with Crippen LogP contribution in [0.1, 0.15) is 11.6 Å². The lowest BCUT2D eigenvalue weighted by molar-refractivity contribution is 0.295. The summed E-state index contributed by atoms with van der Waals surface area (Å²) in [6.45, 7) is 2.10. The summed E-state index contributed by atoms with van der Waals surface area (Å²) in [7, 11) is 0. The summed E-state index contributed by atoms with van der Waals surface area (Å²) >= 11 is 3.45. The van der Waals surface area contributed by atoms with E-state index in [4.69, 9.17) is 5.73 Å². The summed E-state index contributed by atoms with van der Waals surface area (Å²) in [6.07, 6.45) is 0. The van der Waals surface area contributed by atoms with Crippen molar-refractivity contribution in [3.05, 3.63) is 34.3 Å². The number of nitrogens with two attached hydrogens (primary N) is 1. The summed E-state index contributed by atoms with van der Waals surface area (Å²) < 4.78 is 1.10. The number of benzene rings is 1. The Bertz CT molecular complexity index is 297. The van der Waals surface area contributed by atoms with Crippen LogP contribution in [0.4, 0.5) is 0 Å². The molecule has 13 heavy (non-hydrogen) atoms. The van der Waals surface area contributed by atoms with Crippen molar-refractivity contribution in [2.75, 3.05) is 13.1 Å². The first-order valence-electron chi connectivity index (χ1n) is 4.49. The lowest BCUT2D eigenvalue weighted by atomic mass is 9.89. The highest BCUT2D eigenvalue weighted by Gasteiger charge is 2.24. The van der Waals surface area contributed by atoms with Crippen LogP contribution in [0.5, 0.6) is 0 Å². The molecular weight excluding hydrogens is 228 g/mol. The summed E-state index contributed by atoms with van der Waals surface area (Å²) in [6, 6.07) is 8.43. The minimum absolute atomic E-state index is 0.179. The molecule has 3 N–H and O–H groups in total. The molecule has 0 aromatic heterocycles. The van der Waals surface area contributed by atoms with E-state index in [9.17, 15) is 0 Å². The van der Waals surface area contributed by atoms with E-state index in [0.29, 0.717) is 5.92 Å². The standard InChI is InChI=1S/C10H13BrN2/c11-9-3-1-2-7(4-9)10(12)8-5-13-6-8/h1-4,8,10,13H,5-6,12H2. The predicted octanol–water partition coefficient (Wildman–Crippen LogP) is 1.67. The second-order valence-electron chi connectivity index (χ2n) is 3.50. The van der Waals surface area contributed by atoms with Crippen molar-refractivity contribution in [2.24, 2.45) is 11.7 Å². The fourth-order valence-electron chi connectivity index (χ4n) is 1.55. The Morgan fingerprint density at radius 1 is 1.46 bits per heavy atom. The Hall–Kier alpha value is -0.380. The molecule has 1 saturated heterocycles. The summed E-state index contributed by atoms with van der Waals surface area (Å²) in [4.78, 5) is 0. The largest absolute Gasteiger partial charge is 0.324 e. The molecule has 1 heterocycles. The molecule has 1 unspecified atom stereocenters. The molecule has 1 aromatic rings. The zero-order chi connectivity index (χ0) is 9.26. The molecule has 0 aliphatic carbocycles. The first kappa shape index (κ1) is 9.19. The molecule has 1 aromatic carbocycles. The third-order valence-corrected chi connectivity index (χ3v) is 3.05. The molecule has 1 fully saturated rings. The van der Waals surface area contributed by atoms with Crippen molar-refractivity contribution in [1.82, 2.24) is 5.32 Å². The molecule has 2 nitrogen and oxygen atoms in total. The van der Waals surface area contributed by atoms with Crippen LogP contribution in [-0.2, 0) is 0 Å². The van der Waals surface area contributed by atoms with Gasteiger partial charge in [-0.05, 0) is 17.7 Å². The summed E-state index contributed by atoms with van der Waals surface area (Å²) in [5.74, 6) is 0.606. The molecule has 0 bridgehead atoms. The van der Waals surface area contributed by atoms with Crippen LogP contribution in [0.2, 0.25) is 0 Å². The Morgan fingerprint density at radius 3 is 2.77 bits per heavy atom. The molecule has 3 heteroatoms. The van der Waals surface area contributed by atoms with E-state index >= 15 is 0 Å². The smallest absolute Gasteiger partial charge is 0.0348 e. The molecule has 1 aliphatic heterocycles. The van der Waals surface area contributed by atoms with E-state index in [0.717, 1.165) is 17.6 Å². The van der Waals surface area contributed by atoms with Gasteiger partial charge in [-0.25, -0.2) is 0 Å². The molecule has 1 aliphatic rings. The first-order valence-corrected chi connectivity index (χ1v) is 5.28. The number of nitrogens with one attached hydrogen (secondary N) is 1. The zero-order valence-electron chi connectivity index (χ0n) is 7.33. The Morgan fingerprint density at radius 2 is 2.23 bits per heavy atom. The highest BCUT2D eigenvalue weighted by Crippen LogP contribution is 2.24. The maximum absolute atomic E-state index is 6.11. The topological polar surface area (TPSA) is 38.0 Å². The minimum Gasteiger partial charge on any atom is -0.324 e. The molecular formula is C10H13BrN2. The maximum atomic E-state index is 6.11. The third-order valence-electron chi connectivity index (χ3n) is 2.55. The van der Waals surface area contributed by atoms with Crippen LogP contribution in [0.15, 0.2) is 28.7 Å². The van der Waals surface area contributed by atoms with E-state index < -0.39 is 0 Å². The van der Waals surface area contributed by atoms with Gasteiger partial charge in [-0.2, -0.15) is 0 Å². The van der Waals surface area contributed by atoms with Crippen molar-refractivity contribution < 1.29 is 0 Å². The van der Waals surface area contributed by atoms with Crippen molar-refractivity contribution >= 4 is 15.9 Å². The number of hydrogen-bond acceptors (Lipinski definition) is 2. The highest BCUT2D eigenvalue weighted by atomic mass is 79.9. The molecule has 70 valence electrons. The van der Waals surface area contributed by atoms with Crippen molar-refractivity contribution in [3.8, 4) is 0 Å². The number of halogens is 1. The van der Waals surface area contributed by atoms with Crippen LogP contribution in [0.3, 0.4) is 0 Å². The van der Waals surface area contributed by atoms with Gasteiger partial charge in [0.15, 0.2) is 0 Å². The summed E-state index contributed by atoms with van der Waals surface area (Å²) in [5, 5.41) is 3.23. The van der Waals surface area contributed by atoms with Gasteiger partial charge in [0.05, 0.1) is 0 Å². The maximum Gasteiger partial charge on any atom is 0.0348 e. The fourth-order valence-corrected chi connectivity index (χ4v) is 1.97. The molecule has 1 atom stereocenters. The van der Waals surface area contributed by atoms with Crippen LogP contribution < -0.4 is 11.1 Å². The van der Waals surface area contributed by atoms with Gasteiger partial charge in [0, 0.05) is 29.5 Å². The second-order valence-corrected chi connectivity index (χ2v) is 4.41. The monoisotopic (exact) mass is 240 g/mol. The second kappa shape index (κ2) is 3.78. The van der Waals surface area contributed by atoms with Crippen molar-refractivity contribution in [3.63, 3.8) is 0 Å². The van der Waals surface area contributed by atoms with Gasteiger partial charge < -0.3 is 11.1 Å². The van der Waals surface area contributed by atoms with Crippen LogP contribution in [0.25, 0.3) is 0 Å². The van der Waals surface area contributed by atoms with Crippen molar-refractivity contribution in [2.45, 2.75) is 6.04 Å². The Kier molecular flexibility index (Phi) is 2.67. The third kappa shape index (κ3) is 1.93. The minimum atomic E-state index is 0.179. The van der Waals surface area contributed by atoms with Crippen LogP contribution in [-0.4, -0.2) is 13.1 Å². The van der Waals surface area contributed by atoms with E-state index in [1.807, 2.05) is 12.1 Å². The van der Waals surface area contributed by atoms with Crippen LogP contribution in [0, 0.1) is 5.92 Å². The molecule has 0 radical (unpaired) electrons. The Balaban J connectivity index is 2.14. The molecule has 0 amide bonds. The average Bonchev–Trinajstić information content (AvgIpc) is 2.01. The highest BCUT2D eigenvalue weighted by molar-refractivity contribution is 9.10. The fraction of sp³-hybridized carbons (Fsp3) is 0.400. The van der Waals surface area contributed by atoms with Gasteiger partial charge in [0.2, 0.25) is 0 Å². The van der Waals surface area contributed by atoms with Gasteiger partial charge >= 0.3 is 0 Å². The lowest BCUT2D eigenvalue weighted by Crippen LogP contribution is -2.47. The number of rotatable bonds is 2. The van der Waals surface area contributed by atoms with E-state index in [1.54, 1.807) is 0 Å².